The van der Waals surface area contributed by atoms with Crippen LogP contribution in [0.2, 0.25) is 0 Å². The van der Waals surface area contributed by atoms with Gasteiger partial charge in [0.05, 0.1) is 6.04 Å². The minimum absolute atomic E-state index is 0.0403. The Balaban J connectivity index is 2.27. The maximum Gasteiger partial charge on any atom is 0.408 e. The van der Waals surface area contributed by atoms with Crippen molar-refractivity contribution < 1.29 is 9.53 Å². The van der Waals surface area contributed by atoms with Crippen LogP contribution in [-0.4, -0.2) is 11.7 Å². The lowest BCUT2D eigenvalue weighted by atomic mass is 9.76. The zero-order valence-corrected chi connectivity index (χ0v) is 13.8. The van der Waals surface area contributed by atoms with Crippen molar-refractivity contribution in [1.29, 1.82) is 0 Å². The summed E-state index contributed by atoms with van der Waals surface area (Å²) in [5.41, 5.74) is 2.22. The van der Waals surface area contributed by atoms with Gasteiger partial charge in [0.2, 0.25) is 0 Å². The van der Waals surface area contributed by atoms with Crippen molar-refractivity contribution in [3.05, 3.63) is 35.4 Å². The van der Waals surface area contributed by atoms with E-state index >= 15 is 0 Å². The van der Waals surface area contributed by atoms with Gasteiger partial charge in [0.25, 0.3) is 0 Å². The third kappa shape index (κ3) is 3.22. The van der Waals surface area contributed by atoms with E-state index in [0.29, 0.717) is 0 Å². The predicted octanol–water partition coefficient (Wildman–Crippen LogP) is 4.61. The molecule has 21 heavy (non-hydrogen) atoms. The van der Waals surface area contributed by atoms with E-state index in [1.54, 1.807) is 0 Å². The minimum Gasteiger partial charge on any atom is -0.444 e. The van der Waals surface area contributed by atoms with Crippen molar-refractivity contribution in [2.45, 2.75) is 65.5 Å². The summed E-state index contributed by atoms with van der Waals surface area (Å²) in [6.07, 6.45) is 2.78. The molecule has 0 spiro atoms. The van der Waals surface area contributed by atoms with Gasteiger partial charge >= 0.3 is 6.09 Å². The van der Waals surface area contributed by atoms with Gasteiger partial charge < -0.3 is 10.1 Å². The average molecular weight is 289 g/mol. The molecular formula is C18H27NO2. The van der Waals surface area contributed by atoms with Crippen LogP contribution in [-0.2, 0) is 11.2 Å². The lowest BCUT2D eigenvalue weighted by molar-refractivity contribution is 0.0442. The third-order valence-corrected chi connectivity index (χ3v) is 4.59. The summed E-state index contributed by atoms with van der Waals surface area (Å²) in [7, 11) is 0. The monoisotopic (exact) mass is 289 g/mol. The van der Waals surface area contributed by atoms with E-state index < -0.39 is 5.60 Å². The molecule has 0 saturated heterocycles. The number of alkyl carbamates (subject to hydrolysis) is 1. The Morgan fingerprint density at radius 2 is 1.90 bits per heavy atom. The zero-order valence-electron chi connectivity index (χ0n) is 13.8. The van der Waals surface area contributed by atoms with E-state index in [1.165, 1.54) is 11.1 Å². The van der Waals surface area contributed by atoms with E-state index in [-0.39, 0.29) is 17.6 Å². The van der Waals surface area contributed by atoms with E-state index in [0.717, 1.165) is 19.3 Å². The van der Waals surface area contributed by atoms with E-state index in [1.807, 2.05) is 26.8 Å². The van der Waals surface area contributed by atoms with Crippen molar-refractivity contribution >= 4 is 6.09 Å². The predicted molar refractivity (Wildman–Crippen MR) is 85.3 cm³/mol. The van der Waals surface area contributed by atoms with Crippen LogP contribution in [0.4, 0.5) is 4.79 Å². The number of carbonyl (C=O) groups is 1. The number of hydrogen-bond donors (Lipinski definition) is 1. The second-order valence-electron chi connectivity index (χ2n) is 7.02. The summed E-state index contributed by atoms with van der Waals surface area (Å²) in [6, 6.07) is 8.46. The summed E-state index contributed by atoms with van der Waals surface area (Å²) in [4.78, 5) is 12.2. The van der Waals surface area contributed by atoms with E-state index in [2.05, 4.69) is 37.4 Å². The Kier molecular flexibility index (Phi) is 4.31. The van der Waals surface area contributed by atoms with Crippen molar-refractivity contribution in [1.82, 2.24) is 5.32 Å². The number of nitrogens with one attached hydrogen (secondary N) is 1. The van der Waals surface area contributed by atoms with Crippen LogP contribution in [0.5, 0.6) is 0 Å². The highest BCUT2D eigenvalue weighted by molar-refractivity contribution is 5.69. The summed E-state index contributed by atoms with van der Waals surface area (Å²) in [5, 5.41) is 3.12. The summed E-state index contributed by atoms with van der Waals surface area (Å²) in [6.45, 7) is 10.1. The molecule has 1 N–H and O–H groups in total. The molecular weight excluding hydrogens is 262 g/mol. The number of ether oxygens (including phenoxy) is 1. The smallest absolute Gasteiger partial charge is 0.408 e. The fraction of sp³-hybridized carbons (Fsp3) is 0.611. The van der Waals surface area contributed by atoms with Gasteiger partial charge in [0, 0.05) is 0 Å². The second-order valence-corrected chi connectivity index (χ2v) is 7.02. The molecule has 0 unspecified atom stereocenters. The molecule has 1 atom stereocenters. The second kappa shape index (κ2) is 5.70. The largest absolute Gasteiger partial charge is 0.444 e. The number of fused-ring (bicyclic) bond motifs is 1. The maximum absolute atomic E-state index is 12.2. The van der Waals surface area contributed by atoms with Crippen LogP contribution in [0.3, 0.4) is 0 Å². The SMILES string of the molecule is CCC1(CC)Cc2ccccc2[C@H]1NC(=O)OC(C)(C)C. The van der Waals surface area contributed by atoms with Crippen LogP contribution in [0, 0.1) is 5.41 Å². The first-order valence-electron chi connectivity index (χ1n) is 7.88. The van der Waals surface area contributed by atoms with Crippen molar-refractivity contribution in [2.24, 2.45) is 5.41 Å². The normalized spacial score (nSPS) is 20.0. The van der Waals surface area contributed by atoms with Crippen molar-refractivity contribution in [3.63, 3.8) is 0 Å². The Morgan fingerprint density at radius 1 is 1.29 bits per heavy atom. The molecule has 2 rings (SSSR count). The highest BCUT2D eigenvalue weighted by Gasteiger charge is 2.44. The quantitative estimate of drug-likeness (QED) is 0.882. The van der Waals surface area contributed by atoms with Crippen molar-refractivity contribution in [2.75, 3.05) is 0 Å². The van der Waals surface area contributed by atoms with Gasteiger partial charge in [-0.05, 0) is 56.6 Å². The molecule has 0 aliphatic heterocycles. The molecule has 1 amide bonds. The minimum atomic E-state index is -0.469. The summed E-state index contributed by atoms with van der Waals surface area (Å²) < 4.78 is 5.45. The third-order valence-electron chi connectivity index (χ3n) is 4.59. The number of amides is 1. The molecule has 0 heterocycles. The zero-order chi connectivity index (χ0) is 15.7. The van der Waals surface area contributed by atoms with Gasteiger partial charge in [-0.3, -0.25) is 0 Å². The van der Waals surface area contributed by atoms with Gasteiger partial charge in [0.1, 0.15) is 5.60 Å². The van der Waals surface area contributed by atoms with Crippen molar-refractivity contribution in [3.8, 4) is 0 Å². The number of hydrogen-bond acceptors (Lipinski definition) is 2. The highest BCUT2D eigenvalue weighted by Crippen LogP contribution is 2.50. The fourth-order valence-electron chi connectivity index (χ4n) is 3.35. The molecule has 0 bridgehead atoms. The lowest BCUT2D eigenvalue weighted by Crippen LogP contribution is -2.41. The van der Waals surface area contributed by atoms with Crippen LogP contribution in [0.25, 0.3) is 0 Å². The first-order chi connectivity index (χ1) is 9.81. The highest BCUT2D eigenvalue weighted by atomic mass is 16.6. The van der Waals surface area contributed by atoms with Gasteiger partial charge in [0.15, 0.2) is 0 Å². The molecule has 1 aromatic carbocycles. The molecule has 0 aromatic heterocycles. The first-order valence-corrected chi connectivity index (χ1v) is 7.88. The number of benzene rings is 1. The molecule has 3 heteroatoms. The van der Waals surface area contributed by atoms with Gasteiger partial charge in [-0.15, -0.1) is 0 Å². The van der Waals surface area contributed by atoms with Crippen LogP contribution >= 0.6 is 0 Å². The number of carbonyl (C=O) groups excluding carboxylic acids is 1. The fourth-order valence-corrected chi connectivity index (χ4v) is 3.35. The Hall–Kier alpha value is -1.51. The first kappa shape index (κ1) is 15.9. The molecule has 1 aliphatic carbocycles. The van der Waals surface area contributed by atoms with Gasteiger partial charge in [-0.1, -0.05) is 38.1 Å². The topological polar surface area (TPSA) is 38.3 Å². The standard InChI is InChI=1S/C18H27NO2/c1-6-18(7-2)12-13-10-8-9-11-14(13)15(18)19-16(20)21-17(3,4)5/h8-11,15H,6-7,12H2,1-5H3,(H,19,20)/t15-/m1/s1. The van der Waals surface area contributed by atoms with Crippen LogP contribution in [0.15, 0.2) is 24.3 Å². The van der Waals surface area contributed by atoms with Crippen LogP contribution < -0.4 is 5.32 Å². The number of rotatable bonds is 3. The lowest BCUT2D eigenvalue weighted by Gasteiger charge is -2.35. The maximum atomic E-state index is 12.2. The molecule has 0 saturated carbocycles. The molecule has 1 aromatic rings. The molecule has 0 fully saturated rings. The molecule has 1 aliphatic rings. The summed E-state index contributed by atoms with van der Waals surface area (Å²) in [5.74, 6) is 0. The van der Waals surface area contributed by atoms with Gasteiger partial charge in [-0.25, -0.2) is 4.79 Å². The molecule has 116 valence electrons. The van der Waals surface area contributed by atoms with E-state index in [4.69, 9.17) is 4.74 Å². The average Bonchev–Trinajstić information content (AvgIpc) is 2.71. The Morgan fingerprint density at radius 3 is 2.48 bits per heavy atom. The Labute approximate surface area is 128 Å². The van der Waals surface area contributed by atoms with Crippen LogP contribution in [0.1, 0.15) is 64.6 Å². The van der Waals surface area contributed by atoms with Gasteiger partial charge in [-0.2, -0.15) is 0 Å². The summed E-state index contributed by atoms with van der Waals surface area (Å²) >= 11 is 0. The van der Waals surface area contributed by atoms with E-state index in [9.17, 15) is 4.79 Å². The molecule has 3 nitrogen and oxygen atoms in total. The Bertz CT molecular complexity index is 512. The molecule has 0 radical (unpaired) electrons.